The molecule has 0 aliphatic heterocycles. The third kappa shape index (κ3) is 4.00. The van der Waals surface area contributed by atoms with Crippen molar-refractivity contribution in [2.75, 3.05) is 5.75 Å². The summed E-state index contributed by atoms with van der Waals surface area (Å²) in [6.07, 6.45) is 1.74. The molecule has 0 saturated heterocycles. The summed E-state index contributed by atoms with van der Waals surface area (Å²) >= 11 is 1.37. The van der Waals surface area contributed by atoms with Gasteiger partial charge in [0.1, 0.15) is 0 Å². The Kier molecular flexibility index (Phi) is 5.31. The summed E-state index contributed by atoms with van der Waals surface area (Å²) in [4.78, 5) is 20.5. The highest BCUT2D eigenvalue weighted by Crippen LogP contribution is 2.37. The number of para-hydroxylation sites is 1. The summed E-state index contributed by atoms with van der Waals surface area (Å²) in [5.41, 5.74) is 3.02. The fraction of sp³-hybridized carbons (Fsp3) is 0.182. The lowest BCUT2D eigenvalue weighted by Gasteiger charge is -2.04. The summed E-state index contributed by atoms with van der Waals surface area (Å²) in [6, 6.07) is 15.6. The molecule has 0 unspecified atom stereocenters. The second-order valence-electron chi connectivity index (χ2n) is 7.00. The first-order valence-electron chi connectivity index (χ1n) is 9.28. The maximum atomic E-state index is 12.3. The van der Waals surface area contributed by atoms with Crippen molar-refractivity contribution in [1.29, 1.82) is 0 Å². The number of hydrogen-bond acceptors (Lipinski definition) is 5. The van der Waals surface area contributed by atoms with E-state index in [0.717, 1.165) is 32.3 Å². The molecule has 2 aromatic heterocycles. The van der Waals surface area contributed by atoms with Crippen molar-refractivity contribution >= 4 is 45.2 Å². The number of amides is 1. The number of nitrogens with one attached hydrogen (secondary N) is 1. The Morgan fingerprint density at radius 1 is 1.21 bits per heavy atom. The second-order valence-corrected chi connectivity index (χ2v) is 8.01. The number of carbonyl (C=O) groups is 1. The quantitative estimate of drug-likeness (QED) is 0.318. The standard InChI is InChI=1S/C22H20N4O2S/c1-13(2)15-8-9-17-16(11-15)21(22(28)24-17)26-25-19(27)12-29-18-7-3-5-14-6-4-10-23-20(14)18/h3-11,13,24,28H,12H2,1-2H3. The van der Waals surface area contributed by atoms with E-state index < -0.39 is 0 Å². The highest BCUT2D eigenvalue weighted by molar-refractivity contribution is 8.00. The Bertz CT molecular complexity index is 1220. The minimum Gasteiger partial charge on any atom is -0.493 e. The third-order valence-corrected chi connectivity index (χ3v) is 5.68. The van der Waals surface area contributed by atoms with Gasteiger partial charge < -0.3 is 10.1 Å². The van der Waals surface area contributed by atoms with E-state index in [9.17, 15) is 9.90 Å². The topological polar surface area (TPSA) is 90.7 Å². The molecule has 29 heavy (non-hydrogen) atoms. The first kappa shape index (κ1) is 19.1. The Labute approximate surface area is 172 Å². The smallest absolute Gasteiger partial charge is 0.274 e. The Morgan fingerprint density at radius 3 is 2.86 bits per heavy atom. The number of thioether (sulfide) groups is 1. The van der Waals surface area contributed by atoms with Crippen LogP contribution in [-0.2, 0) is 4.79 Å². The Morgan fingerprint density at radius 2 is 2.03 bits per heavy atom. The van der Waals surface area contributed by atoms with Crippen LogP contribution in [0.1, 0.15) is 25.3 Å². The van der Waals surface area contributed by atoms with Crippen LogP contribution >= 0.6 is 11.8 Å². The average molecular weight is 404 g/mol. The van der Waals surface area contributed by atoms with Crippen molar-refractivity contribution in [2.24, 2.45) is 10.2 Å². The van der Waals surface area contributed by atoms with Crippen LogP contribution < -0.4 is 0 Å². The zero-order chi connectivity index (χ0) is 20.4. The van der Waals surface area contributed by atoms with Gasteiger partial charge in [0, 0.05) is 21.9 Å². The van der Waals surface area contributed by atoms with E-state index in [-0.39, 0.29) is 23.2 Å². The molecule has 0 radical (unpaired) electrons. The van der Waals surface area contributed by atoms with Gasteiger partial charge in [-0.1, -0.05) is 38.1 Å². The van der Waals surface area contributed by atoms with E-state index in [1.54, 1.807) is 6.20 Å². The minimum atomic E-state index is -0.378. The number of hydrogen-bond donors (Lipinski definition) is 2. The van der Waals surface area contributed by atoms with E-state index >= 15 is 0 Å². The van der Waals surface area contributed by atoms with E-state index in [0.29, 0.717) is 5.92 Å². The number of aromatic hydroxyl groups is 1. The maximum Gasteiger partial charge on any atom is 0.274 e. The first-order valence-corrected chi connectivity index (χ1v) is 10.3. The lowest BCUT2D eigenvalue weighted by atomic mass is 10.0. The van der Waals surface area contributed by atoms with Gasteiger partial charge in [-0.15, -0.1) is 22.0 Å². The van der Waals surface area contributed by atoms with Crippen LogP contribution in [0.4, 0.5) is 5.69 Å². The van der Waals surface area contributed by atoms with Gasteiger partial charge in [-0.3, -0.25) is 9.78 Å². The van der Waals surface area contributed by atoms with E-state index in [2.05, 4.69) is 34.0 Å². The fourth-order valence-corrected chi connectivity index (χ4v) is 3.93. The highest BCUT2D eigenvalue weighted by Gasteiger charge is 2.13. The van der Waals surface area contributed by atoms with Crippen LogP contribution in [0.5, 0.6) is 5.88 Å². The molecule has 1 amide bonds. The predicted octanol–water partition coefficient (Wildman–Crippen LogP) is 5.95. The van der Waals surface area contributed by atoms with Gasteiger partial charge in [-0.2, -0.15) is 0 Å². The molecule has 2 heterocycles. The lowest BCUT2D eigenvalue weighted by Crippen LogP contribution is -1.96. The monoisotopic (exact) mass is 404 g/mol. The summed E-state index contributed by atoms with van der Waals surface area (Å²) in [7, 11) is 0. The molecule has 0 aliphatic rings. The summed E-state index contributed by atoms with van der Waals surface area (Å²) in [6.45, 7) is 4.19. The summed E-state index contributed by atoms with van der Waals surface area (Å²) in [5, 5.41) is 19.8. The van der Waals surface area contributed by atoms with Gasteiger partial charge in [0.05, 0.1) is 16.8 Å². The van der Waals surface area contributed by atoms with Crippen molar-refractivity contribution in [1.82, 2.24) is 9.97 Å². The molecule has 6 nitrogen and oxygen atoms in total. The largest absolute Gasteiger partial charge is 0.493 e. The van der Waals surface area contributed by atoms with E-state index in [4.69, 9.17) is 0 Å². The molecule has 0 bridgehead atoms. The molecule has 2 N–H and O–H groups in total. The molecular formula is C22H20N4O2S. The number of aromatic amines is 1. The Hall–Kier alpha value is -3.19. The molecule has 0 aliphatic carbocycles. The molecule has 0 spiro atoms. The fourth-order valence-electron chi connectivity index (χ4n) is 3.11. The number of aromatic nitrogens is 2. The van der Waals surface area contributed by atoms with Gasteiger partial charge in [-0.05, 0) is 35.7 Å². The van der Waals surface area contributed by atoms with Gasteiger partial charge in [0.25, 0.3) is 5.91 Å². The molecule has 0 fully saturated rings. The third-order valence-electron chi connectivity index (χ3n) is 4.65. The number of azo groups is 1. The molecule has 0 atom stereocenters. The van der Waals surface area contributed by atoms with Gasteiger partial charge >= 0.3 is 0 Å². The lowest BCUT2D eigenvalue weighted by molar-refractivity contribution is -0.115. The van der Waals surface area contributed by atoms with Crippen LogP contribution in [0.2, 0.25) is 0 Å². The number of fused-ring (bicyclic) bond motifs is 2. The molecule has 2 aromatic carbocycles. The molecular weight excluding hydrogens is 384 g/mol. The van der Waals surface area contributed by atoms with Gasteiger partial charge in [-0.25, -0.2) is 0 Å². The van der Waals surface area contributed by atoms with Crippen LogP contribution in [0.3, 0.4) is 0 Å². The number of H-pyrrole nitrogens is 1. The normalized spacial score (nSPS) is 11.8. The second kappa shape index (κ2) is 8.05. The Balaban J connectivity index is 1.52. The maximum absolute atomic E-state index is 12.3. The van der Waals surface area contributed by atoms with Crippen molar-refractivity contribution in [2.45, 2.75) is 24.7 Å². The van der Waals surface area contributed by atoms with Crippen molar-refractivity contribution < 1.29 is 9.90 Å². The molecule has 4 aromatic rings. The summed E-state index contributed by atoms with van der Waals surface area (Å²) in [5.74, 6) is 0.00754. The number of carbonyl (C=O) groups excluding carboxylic acids is 1. The molecule has 0 saturated carbocycles. The van der Waals surface area contributed by atoms with Crippen LogP contribution in [0.25, 0.3) is 21.8 Å². The summed E-state index contributed by atoms with van der Waals surface area (Å²) < 4.78 is 0. The number of nitrogens with zero attached hydrogens (tertiary/aromatic N) is 3. The first-order chi connectivity index (χ1) is 14.0. The molecule has 4 rings (SSSR count). The number of pyridine rings is 1. The highest BCUT2D eigenvalue weighted by atomic mass is 32.2. The van der Waals surface area contributed by atoms with Crippen molar-refractivity contribution in [3.8, 4) is 5.88 Å². The van der Waals surface area contributed by atoms with Gasteiger partial charge in [0.2, 0.25) is 5.88 Å². The zero-order valence-electron chi connectivity index (χ0n) is 16.1. The SMILES string of the molecule is CC(C)c1ccc2[nH]c(O)c(N=NC(=O)CSc3cccc4cccnc34)c2c1. The molecule has 146 valence electrons. The van der Waals surface area contributed by atoms with Gasteiger partial charge in [0.15, 0.2) is 5.69 Å². The molecule has 7 heteroatoms. The van der Waals surface area contributed by atoms with E-state index in [1.165, 1.54) is 11.8 Å². The van der Waals surface area contributed by atoms with Crippen LogP contribution in [0.15, 0.2) is 69.9 Å². The van der Waals surface area contributed by atoms with Crippen molar-refractivity contribution in [3.63, 3.8) is 0 Å². The average Bonchev–Trinajstić information content (AvgIpc) is 3.04. The van der Waals surface area contributed by atoms with E-state index in [1.807, 2.05) is 48.5 Å². The van der Waals surface area contributed by atoms with Crippen LogP contribution in [0, 0.1) is 0 Å². The minimum absolute atomic E-state index is 0.0941. The number of benzene rings is 2. The zero-order valence-corrected chi connectivity index (χ0v) is 16.9. The number of rotatable bonds is 5. The van der Waals surface area contributed by atoms with Crippen LogP contribution in [-0.4, -0.2) is 26.7 Å². The van der Waals surface area contributed by atoms with Crippen molar-refractivity contribution in [3.05, 3.63) is 60.3 Å². The predicted molar refractivity (Wildman–Crippen MR) is 116 cm³/mol.